The second kappa shape index (κ2) is 9.73. The first-order valence-corrected chi connectivity index (χ1v) is 10.8. The van der Waals surface area contributed by atoms with Crippen LogP contribution in [0.1, 0.15) is 54.5 Å². The summed E-state index contributed by atoms with van der Waals surface area (Å²) in [5.41, 5.74) is 4.18. The molecule has 0 aromatic heterocycles. The van der Waals surface area contributed by atoms with E-state index in [4.69, 9.17) is 11.6 Å². The Bertz CT molecular complexity index is 842. The molecule has 3 rings (SSSR count). The molecular formula is C24H30ClFN2O. The second-order valence-corrected chi connectivity index (χ2v) is 8.49. The van der Waals surface area contributed by atoms with Crippen molar-refractivity contribution >= 4 is 17.5 Å². The van der Waals surface area contributed by atoms with Gasteiger partial charge in [-0.1, -0.05) is 48.4 Å². The van der Waals surface area contributed by atoms with Crippen LogP contribution in [0.4, 0.5) is 4.39 Å². The van der Waals surface area contributed by atoms with E-state index in [9.17, 15) is 9.18 Å². The molecular weight excluding hydrogens is 387 g/mol. The van der Waals surface area contributed by atoms with Crippen molar-refractivity contribution in [3.63, 3.8) is 0 Å². The molecule has 1 aliphatic rings. The Labute approximate surface area is 178 Å². The highest BCUT2D eigenvalue weighted by atomic mass is 35.5. The van der Waals surface area contributed by atoms with E-state index in [2.05, 4.69) is 49.2 Å². The predicted octanol–water partition coefficient (Wildman–Crippen LogP) is 5.58. The third-order valence-corrected chi connectivity index (χ3v) is 6.28. The van der Waals surface area contributed by atoms with Gasteiger partial charge in [0.2, 0.25) is 5.91 Å². The zero-order valence-electron chi connectivity index (χ0n) is 17.5. The molecule has 0 aliphatic carbocycles. The lowest BCUT2D eigenvalue weighted by Crippen LogP contribution is -2.41. The minimum Gasteiger partial charge on any atom is -0.349 e. The average molecular weight is 417 g/mol. The SMILES string of the molecule is CCC(NC(=O)C1CCN(Cc2c(F)cccc2Cl)CC1)c1ccc(C)cc1C. The van der Waals surface area contributed by atoms with Gasteiger partial charge in [0.1, 0.15) is 5.82 Å². The summed E-state index contributed by atoms with van der Waals surface area (Å²) in [6, 6.07) is 11.2. The maximum Gasteiger partial charge on any atom is 0.223 e. The lowest BCUT2D eigenvalue weighted by molar-refractivity contribution is -0.127. The number of benzene rings is 2. The first-order valence-electron chi connectivity index (χ1n) is 10.4. The topological polar surface area (TPSA) is 32.3 Å². The van der Waals surface area contributed by atoms with Crippen molar-refractivity contribution in [2.24, 2.45) is 5.92 Å². The fraction of sp³-hybridized carbons (Fsp3) is 0.458. The van der Waals surface area contributed by atoms with Gasteiger partial charge in [-0.3, -0.25) is 9.69 Å². The van der Waals surface area contributed by atoms with Crippen LogP contribution in [0.15, 0.2) is 36.4 Å². The molecule has 1 unspecified atom stereocenters. The van der Waals surface area contributed by atoms with Gasteiger partial charge in [0.05, 0.1) is 6.04 Å². The third-order valence-electron chi connectivity index (χ3n) is 5.93. The maximum absolute atomic E-state index is 14.0. The standard InChI is InChI=1S/C24H30ClFN2O/c1-4-23(19-9-8-16(2)14-17(19)3)27-24(29)18-10-12-28(13-11-18)15-20-21(25)6-5-7-22(20)26/h5-9,14,18,23H,4,10-13,15H2,1-3H3,(H,27,29). The van der Waals surface area contributed by atoms with E-state index in [0.29, 0.717) is 17.1 Å². The van der Waals surface area contributed by atoms with Crippen molar-refractivity contribution < 1.29 is 9.18 Å². The molecule has 0 saturated carbocycles. The Morgan fingerprint density at radius 1 is 1.24 bits per heavy atom. The summed E-state index contributed by atoms with van der Waals surface area (Å²) in [6.45, 7) is 8.30. The Morgan fingerprint density at radius 3 is 2.59 bits per heavy atom. The van der Waals surface area contributed by atoms with Gasteiger partial charge in [-0.25, -0.2) is 4.39 Å². The monoisotopic (exact) mass is 416 g/mol. The van der Waals surface area contributed by atoms with Crippen LogP contribution < -0.4 is 5.32 Å². The number of carbonyl (C=O) groups is 1. The molecule has 1 amide bonds. The molecule has 1 fully saturated rings. The Kier molecular flexibility index (Phi) is 7.31. The Balaban J connectivity index is 1.56. The summed E-state index contributed by atoms with van der Waals surface area (Å²) in [6.07, 6.45) is 2.42. The molecule has 0 bridgehead atoms. The van der Waals surface area contributed by atoms with E-state index >= 15 is 0 Å². The van der Waals surface area contributed by atoms with Gasteiger partial charge < -0.3 is 5.32 Å². The number of halogens is 2. The third kappa shape index (κ3) is 5.37. The predicted molar refractivity (Wildman–Crippen MR) is 117 cm³/mol. The molecule has 1 aliphatic heterocycles. The van der Waals surface area contributed by atoms with Crippen molar-refractivity contribution in [3.05, 3.63) is 69.5 Å². The number of carbonyl (C=O) groups excluding carboxylic acids is 1. The van der Waals surface area contributed by atoms with Crippen LogP contribution in [0, 0.1) is 25.6 Å². The largest absolute Gasteiger partial charge is 0.349 e. The molecule has 3 nitrogen and oxygen atoms in total. The van der Waals surface area contributed by atoms with E-state index in [1.54, 1.807) is 12.1 Å². The number of nitrogens with one attached hydrogen (secondary N) is 1. The summed E-state index contributed by atoms with van der Waals surface area (Å²) in [5.74, 6) is -0.140. The van der Waals surface area contributed by atoms with Crippen molar-refractivity contribution in [1.82, 2.24) is 10.2 Å². The van der Waals surface area contributed by atoms with E-state index in [1.807, 2.05) is 0 Å². The van der Waals surface area contributed by atoms with Crippen LogP contribution in [-0.4, -0.2) is 23.9 Å². The van der Waals surface area contributed by atoms with E-state index in [1.165, 1.54) is 22.8 Å². The molecule has 1 heterocycles. The molecule has 156 valence electrons. The zero-order chi connectivity index (χ0) is 21.0. The van der Waals surface area contributed by atoms with E-state index < -0.39 is 0 Å². The minimum atomic E-state index is -0.267. The smallest absolute Gasteiger partial charge is 0.223 e. The molecule has 5 heteroatoms. The lowest BCUT2D eigenvalue weighted by Gasteiger charge is -2.32. The van der Waals surface area contributed by atoms with Gasteiger partial charge in [0, 0.05) is 23.0 Å². The second-order valence-electron chi connectivity index (χ2n) is 8.08. The molecule has 2 aromatic carbocycles. The average Bonchev–Trinajstić information content (AvgIpc) is 2.70. The van der Waals surface area contributed by atoms with Gasteiger partial charge >= 0.3 is 0 Å². The number of likely N-dealkylation sites (tertiary alicyclic amines) is 1. The Hall–Kier alpha value is -1.91. The van der Waals surface area contributed by atoms with Crippen LogP contribution in [0.5, 0.6) is 0 Å². The fourth-order valence-corrected chi connectivity index (χ4v) is 4.39. The quantitative estimate of drug-likeness (QED) is 0.667. The highest BCUT2D eigenvalue weighted by Crippen LogP contribution is 2.26. The van der Waals surface area contributed by atoms with Gasteiger partial charge in [-0.2, -0.15) is 0 Å². The van der Waals surface area contributed by atoms with Crippen LogP contribution >= 0.6 is 11.6 Å². The van der Waals surface area contributed by atoms with Crippen LogP contribution in [0.3, 0.4) is 0 Å². The summed E-state index contributed by atoms with van der Waals surface area (Å²) >= 11 is 6.15. The zero-order valence-corrected chi connectivity index (χ0v) is 18.2. The molecule has 0 spiro atoms. The van der Waals surface area contributed by atoms with Crippen molar-refractivity contribution in [1.29, 1.82) is 0 Å². The fourth-order valence-electron chi connectivity index (χ4n) is 4.17. The molecule has 2 aromatic rings. The number of aryl methyl sites for hydroxylation is 2. The summed E-state index contributed by atoms with van der Waals surface area (Å²) in [7, 11) is 0. The highest BCUT2D eigenvalue weighted by molar-refractivity contribution is 6.31. The van der Waals surface area contributed by atoms with Crippen molar-refractivity contribution in [2.45, 2.75) is 52.6 Å². The Morgan fingerprint density at radius 2 is 1.97 bits per heavy atom. The normalized spacial score (nSPS) is 16.6. The number of hydrogen-bond donors (Lipinski definition) is 1. The lowest BCUT2D eigenvalue weighted by atomic mass is 9.93. The first-order chi connectivity index (χ1) is 13.9. The van der Waals surface area contributed by atoms with Gasteiger partial charge in [-0.15, -0.1) is 0 Å². The minimum absolute atomic E-state index is 0.00199. The molecule has 1 atom stereocenters. The number of nitrogens with zero attached hydrogens (tertiary/aromatic N) is 1. The molecule has 0 radical (unpaired) electrons. The molecule has 1 N–H and O–H groups in total. The van der Waals surface area contributed by atoms with Crippen molar-refractivity contribution in [2.75, 3.05) is 13.1 Å². The number of hydrogen-bond acceptors (Lipinski definition) is 2. The van der Waals surface area contributed by atoms with E-state index in [-0.39, 0.29) is 23.7 Å². The van der Waals surface area contributed by atoms with Gasteiger partial charge in [-0.05, 0) is 69.5 Å². The number of piperidine rings is 1. The van der Waals surface area contributed by atoms with Gasteiger partial charge in [0.15, 0.2) is 0 Å². The molecule has 29 heavy (non-hydrogen) atoms. The number of rotatable bonds is 6. The summed E-state index contributed by atoms with van der Waals surface area (Å²) < 4.78 is 14.0. The summed E-state index contributed by atoms with van der Waals surface area (Å²) in [4.78, 5) is 15.1. The van der Waals surface area contributed by atoms with Crippen molar-refractivity contribution in [3.8, 4) is 0 Å². The highest BCUT2D eigenvalue weighted by Gasteiger charge is 2.27. The maximum atomic E-state index is 14.0. The van der Waals surface area contributed by atoms with Crippen LogP contribution in [-0.2, 0) is 11.3 Å². The number of amides is 1. The van der Waals surface area contributed by atoms with Crippen LogP contribution in [0.25, 0.3) is 0 Å². The summed E-state index contributed by atoms with van der Waals surface area (Å²) in [5, 5.41) is 3.72. The van der Waals surface area contributed by atoms with Crippen LogP contribution in [0.2, 0.25) is 5.02 Å². The van der Waals surface area contributed by atoms with E-state index in [0.717, 1.165) is 32.4 Å². The first kappa shape index (κ1) is 21.8. The molecule has 1 saturated heterocycles. The van der Waals surface area contributed by atoms with Gasteiger partial charge in [0.25, 0.3) is 0 Å².